The third-order valence-corrected chi connectivity index (χ3v) is 5.42. The summed E-state index contributed by atoms with van der Waals surface area (Å²) < 4.78 is 6.56. The zero-order valence-corrected chi connectivity index (χ0v) is 13.8. The molecule has 0 radical (unpaired) electrons. The zero-order chi connectivity index (χ0) is 15.6. The lowest BCUT2D eigenvalue weighted by molar-refractivity contribution is -0.117. The highest BCUT2D eigenvalue weighted by molar-refractivity contribution is 7.22. The monoisotopic (exact) mass is 331 g/mol. The van der Waals surface area contributed by atoms with Crippen LogP contribution in [0.5, 0.6) is 0 Å². The molecule has 23 heavy (non-hydrogen) atoms. The highest BCUT2D eigenvalue weighted by Gasteiger charge is 2.32. The lowest BCUT2D eigenvalue weighted by Gasteiger charge is -2.23. The number of hydrogen-bond donors (Lipinski definition) is 1. The van der Waals surface area contributed by atoms with Gasteiger partial charge in [-0.05, 0) is 37.3 Å². The molecule has 0 bridgehead atoms. The Morgan fingerprint density at radius 1 is 1.35 bits per heavy atom. The normalized spacial score (nSPS) is 21.2. The second-order valence-corrected chi connectivity index (χ2v) is 7.46. The van der Waals surface area contributed by atoms with E-state index in [0.29, 0.717) is 23.6 Å². The molecule has 1 saturated heterocycles. The summed E-state index contributed by atoms with van der Waals surface area (Å²) >= 11 is 1.53. The topological polar surface area (TPSA) is 54.5 Å². The van der Waals surface area contributed by atoms with Crippen LogP contribution in [-0.4, -0.2) is 48.1 Å². The summed E-state index contributed by atoms with van der Waals surface area (Å²) in [6, 6.07) is 8.53. The number of para-hydroxylation sites is 1. The van der Waals surface area contributed by atoms with Crippen LogP contribution in [0.4, 0.5) is 5.13 Å². The molecule has 2 aromatic rings. The van der Waals surface area contributed by atoms with Gasteiger partial charge in [-0.3, -0.25) is 9.69 Å². The first-order valence-corrected chi connectivity index (χ1v) is 9.07. The summed E-state index contributed by atoms with van der Waals surface area (Å²) in [5.74, 6) is 0.612. The largest absolute Gasteiger partial charge is 0.381 e. The van der Waals surface area contributed by atoms with Gasteiger partial charge in [0.25, 0.3) is 0 Å². The molecule has 1 aliphatic heterocycles. The lowest BCUT2D eigenvalue weighted by Crippen LogP contribution is -2.38. The average molecular weight is 331 g/mol. The number of anilines is 1. The fourth-order valence-electron chi connectivity index (χ4n) is 3.11. The van der Waals surface area contributed by atoms with E-state index in [1.165, 1.54) is 24.2 Å². The van der Waals surface area contributed by atoms with Crippen molar-refractivity contribution in [1.82, 2.24) is 9.88 Å². The van der Waals surface area contributed by atoms with E-state index in [-0.39, 0.29) is 5.91 Å². The summed E-state index contributed by atoms with van der Waals surface area (Å²) in [5, 5.41) is 3.66. The van der Waals surface area contributed by atoms with Crippen LogP contribution >= 0.6 is 11.3 Å². The molecule has 1 atom stereocenters. The molecule has 1 aromatic carbocycles. The Balaban J connectivity index is 1.37. The van der Waals surface area contributed by atoms with E-state index in [4.69, 9.17) is 4.74 Å². The van der Waals surface area contributed by atoms with Crippen molar-refractivity contribution in [2.24, 2.45) is 5.92 Å². The molecule has 0 unspecified atom stereocenters. The molecule has 2 aliphatic rings. The molecule has 5 nitrogen and oxygen atoms in total. The van der Waals surface area contributed by atoms with Crippen LogP contribution in [0.25, 0.3) is 10.2 Å². The third kappa shape index (κ3) is 3.71. The van der Waals surface area contributed by atoms with E-state index in [1.807, 2.05) is 24.3 Å². The maximum Gasteiger partial charge on any atom is 0.240 e. The van der Waals surface area contributed by atoms with Gasteiger partial charge in [-0.15, -0.1) is 0 Å². The van der Waals surface area contributed by atoms with Crippen molar-refractivity contribution in [3.8, 4) is 0 Å². The quantitative estimate of drug-likeness (QED) is 0.884. The Labute approximate surface area is 139 Å². The number of ether oxygens (including phenoxy) is 1. The number of nitrogens with one attached hydrogen (secondary N) is 1. The predicted octanol–water partition coefficient (Wildman–Crippen LogP) is 2.74. The minimum Gasteiger partial charge on any atom is -0.381 e. The molecule has 1 aromatic heterocycles. The number of aromatic nitrogens is 1. The predicted molar refractivity (Wildman–Crippen MR) is 91.8 cm³/mol. The van der Waals surface area contributed by atoms with E-state index in [0.717, 1.165) is 36.4 Å². The Hall–Kier alpha value is -1.50. The molecule has 6 heteroatoms. The fraction of sp³-hybridized carbons (Fsp3) is 0.529. The van der Waals surface area contributed by atoms with Gasteiger partial charge in [0.1, 0.15) is 0 Å². The SMILES string of the molecule is O=C(CN(C[C@H]1CCOC1)C1CC1)Nc1nc2ccccc2s1. The third-order valence-electron chi connectivity index (χ3n) is 4.47. The fourth-order valence-corrected chi connectivity index (χ4v) is 3.99. The highest BCUT2D eigenvalue weighted by Crippen LogP contribution is 2.29. The summed E-state index contributed by atoms with van der Waals surface area (Å²) in [6.07, 6.45) is 3.53. The van der Waals surface area contributed by atoms with Crippen LogP contribution < -0.4 is 5.32 Å². The van der Waals surface area contributed by atoms with Crippen molar-refractivity contribution in [2.75, 3.05) is 31.6 Å². The van der Waals surface area contributed by atoms with E-state index < -0.39 is 0 Å². The maximum absolute atomic E-state index is 12.4. The molecule has 2 heterocycles. The Morgan fingerprint density at radius 3 is 2.96 bits per heavy atom. The molecule has 2 fully saturated rings. The van der Waals surface area contributed by atoms with Gasteiger partial charge in [-0.1, -0.05) is 23.5 Å². The number of carbonyl (C=O) groups is 1. The van der Waals surface area contributed by atoms with Gasteiger partial charge in [0, 0.05) is 19.2 Å². The Bertz CT molecular complexity index is 659. The maximum atomic E-state index is 12.4. The molecule has 1 amide bonds. The van der Waals surface area contributed by atoms with Crippen LogP contribution in [0, 0.1) is 5.92 Å². The average Bonchev–Trinajstić information content (AvgIpc) is 3.11. The van der Waals surface area contributed by atoms with Crippen LogP contribution in [0.1, 0.15) is 19.3 Å². The van der Waals surface area contributed by atoms with Crippen molar-refractivity contribution >= 4 is 32.6 Å². The van der Waals surface area contributed by atoms with Gasteiger partial charge in [-0.25, -0.2) is 4.98 Å². The van der Waals surface area contributed by atoms with Crippen molar-refractivity contribution in [1.29, 1.82) is 0 Å². The molecular weight excluding hydrogens is 310 g/mol. The van der Waals surface area contributed by atoms with Crippen LogP contribution in [0.15, 0.2) is 24.3 Å². The van der Waals surface area contributed by atoms with E-state index in [1.54, 1.807) is 0 Å². The Morgan fingerprint density at radius 2 is 2.22 bits per heavy atom. The number of hydrogen-bond acceptors (Lipinski definition) is 5. The number of rotatable bonds is 6. The molecular formula is C17H21N3O2S. The Kier molecular flexibility index (Phi) is 4.29. The highest BCUT2D eigenvalue weighted by atomic mass is 32.1. The first-order valence-electron chi connectivity index (χ1n) is 8.25. The van der Waals surface area contributed by atoms with E-state index in [2.05, 4.69) is 15.2 Å². The lowest BCUT2D eigenvalue weighted by atomic mass is 10.1. The van der Waals surface area contributed by atoms with Crippen molar-refractivity contribution in [3.63, 3.8) is 0 Å². The van der Waals surface area contributed by atoms with Gasteiger partial charge in [-0.2, -0.15) is 0 Å². The molecule has 1 aliphatic carbocycles. The first-order chi connectivity index (χ1) is 11.3. The van der Waals surface area contributed by atoms with Crippen LogP contribution in [0.3, 0.4) is 0 Å². The van der Waals surface area contributed by atoms with Gasteiger partial charge in [0.15, 0.2) is 5.13 Å². The number of amides is 1. The van der Waals surface area contributed by atoms with Gasteiger partial charge < -0.3 is 10.1 Å². The van der Waals surface area contributed by atoms with E-state index >= 15 is 0 Å². The molecule has 4 rings (SSSR count). The van der Waals surface area contributed by atoms with E-state index in [9.17, 15) is 4.79 Å². The zero-order valence-electron chi connectivity index (χ0n) is 13.0. The number of nitrogens with zero attached hydrogens (tertiary/aromatic N) is 2. The van der Waals surface area contributed by atoms with Crippen molar-refractivity contribution < 1.29 is 9.53 Å². The van der Waals surface area contributed by atoms with Crippen LogP contribution in [0.2, 0.25) is 0 Å². The minimum absolute atomic E-state index is 0.0369. The second kappa shape index (κ2) is 6.55. The minimum atomic E-state index is 0.0369. The summed E-state index contributed by atoms with van der Waals surface area (Å²) in [5.41, 5.74) is 0.940. The number of carbonyl (C=O) groups excluding carboxylic acids is 1. The second-order valence-electron chi connectivity index (χ2n) is 6.43. The smallest absolute Gasteiger partial charge is 0.240 e. The van der Waals surface area contributed by atoms with Gasteiger partial charge in [0.05, 0.1) is 23.4 Å². The van der Waals surface area contributed by atoms with Gasteiger partial charge >= 0.3 is 0 Å². The summed E-state index contributed by atoms with van der Waals surface area (Å²) in [4.78, 5) is 19.2. The molecule has 1 N–H and O–H groups in total. The van der Waals surface area contributed by atoms with Crippen molar-refractivity contribution in [3.05, 3.63) is 24.3 Å². The number of fused-ring (bicyclic) bond motifs is 1. The van der Waals surface area contributed by atoms with Gasteiger partial charge in [0.2, 0.25) is 5.91 Å². The standard InChI is InChI=1S/C17H21N3O2S/c21-16(19-17-18-14-3-1-2-4-15(14)23-17)10-20(13-5-6-13)9-12-7-8-22-11-12/h1-4,12-13H,5-11H2,(H,18,19,21)/t12-/m1/s1. The molecule has 0 spiro atoms. The number of thiazole rings is 1. The summed E-state index contributed by atoms with van der Waals surface area (Å²) in [6.45, 7) is 3.12. The number of benzene rings is 1. The summed E-state index contributed by atoms with van der Waals surface area (Å²) in [7, 11) is 0. The molecule has 1 saturated carbocycles. The first kappa shape index (κ1) is 15.1. The molecule has 122 valence electrons. The van der Waals surface area contributed by atoms with Crippen molar-refractivity contribution in [2.45, 2.75) is 25.3 Å². The van der Waals surface area contributed by atoms with Crippen LogP contribution in [-0.2, 0) is 9.53 Å².